The Kier molecular flexibility index (Phi) is 6.28. The number of nitrogens with one attached hydrogen (secondary N) is 1. The number of hydrogen-bond donors (Lipinski definition) is 1. The maximum absolute atomic E-state index is 12.7. The highest BCUT2D eigenvalue weighted by Crippen LogP contribution is 2.28. The van der Waals surface area contributed by atoms with Gasteiger partial charge in [-0.1, -0.05) is 29.8 Å². The van der Waals surface area contributed by atoms with E-state index in [4.69, 9.17) is 11.6 Å². The Bertz CT molecular complexity index is 989. The minimum absolute atomic E-state index is 0.133. The Morgan fingerprint density at radius 1 is 1.15 bits per heavy atom. The number of rotatable bonds is 6. The SMILES string of the molecule is CC(=O)c1cccc(NC(=O)[C@H](C)N(c2cc(Cl)ccc2C)S(C)(=O)=O)c1. The van der Waals surface area contributed by atoms with E-state index in [1.165, 1.54) is 19.9 Å². The zero-order valence-electron chi connectivity index (χ0n) is 15.5. The van der Waals surface area contributed by atoms with Crippen LogP contribution in [0.1, 0.15) is 29.8 Å². The van der Waals surface area contributed by atoms with Crippen molar-refractivity contribution in [3.8, 4) is 0 Å². The van der Waals surface area contributed by atoms with Gasteiger partial charge in [0.05, 0.1) is 11.9 Å². The number of anilines is 2. The molecule has 144 valence electrons. The lowest BCUT2D eigenvalue weighted by Gasteiger charge is -2.29. The zero-order valence-corrected chi connectivity index (χ0v) is 17.1. The van der Waals surface area contributed by atoms with Gasteiger partial charge in [0, 0.05) is 16.3 Å². The number of hydrogen-bond acceptors (Lipinski definition) is 4. The predicted octanol–water partition coefficient (Wildman–Crippen LogP) is 3.64. The Balaban J connectivity index is 2.37. The maximum atomic E-state index is 12.7. The van der Waals surface area contributed by atoms with E-state index >= 15 is 0 Å². The topological polar surface area (TPSA) is 83.6 Å². The van der Waals surface area contributed by atoms with E-state index in [1.54, 1.807) is 43.3 Å². The number of ketones is 1. The van der Waals surface area contributed by atoms with Crippen LogP contribution >= 0.6 is 11.6 Å². The first kappa shape index (κ1) is 20.9. The molecule has 0 heterocycles. The number of halogens is 1. The number of aryl methyl sites for hydroxylation is 1. The van der Waals surface area contributed by atoms with Gasteiger partial charge in [-0.25, -0.2) is 8.42 Å². The highest BCUT2D eigenvalue weighted by Gasteiger charge is 2.30. The Labute approximate surface area is 164 Å². The molecule has 1 N–H and O–H groups in total. The van der Waals surface area contributed by atoms with Crippen LogP contribution in [0.2, 0.25) is 5.02 Å². The first-order valence-electron chi connectivity index (χ1n) is 8.18. The molecule has 27 heavy (non-hydrogen) atoms. The van der Waals surface area contributed by atoms with Crippen molar-refractivity contribution in [3.05, 3.63) is 58.6 Å². The van der Waals surface area contributed by atoms with Crippen LogP contribution in [0.3, 0.4) is 0 Å². The molecule has 2 aromatic rings. The third kappa shape index (κ3) is 5.08. The van der Waals surface area contributed by atoms with E-state index in [-0.39, 0.29) is 5.78 Å². The van der Waals surface area contributed by atoms with E-state index in [0.717, 1.165) is 10.6 Å². The quantitative estimate of drug-likeness (QED) is 0.739. The van der Waals surface area contributed by atoms with Gasteiger partial charge < -0.3 is 5.32 Å². The molecule has 0 aliphatic carbocycles. The van der Waals surface area contributed by atoms with E-state index in [0.29, 0.717) is 27.5 Å². The fourth-order valence-corrected chi connectivity index (χ4v) is 4.05. The highest BCUT2D eigenvalue weighted by molar-refractivity contribution is 7.92. The lowest BCUT2D eigenvalue weighted by atomic mass is 10.1. The van der Waals surface area contributed by atoms with Crippen LogP contribution in [-0.4, -0.2) is 32.4 Å². The van der Waals surface area contributed by atoms with Gasteiger partial charge in [0.1, 0.15) is 6.04 Å². The van der Waals surface area contributed by atoms with Gasteiger partial charge in [-0.05, 0) is 50.6 Å². The van der Waals surface area contributed by atoms with E-state index in [9.17, 15) is 18.0 Å². The van der Waals surface area contributed by atoms with Crippen molar-refractivity contribution in [3.63, 3.8) is 0 Å². The van der Waals surface area contributed by atoms with Gasteiger partial charge in [-0.3, -0.25) is 13.9 Å². The van der Waals surface area contributed by atoms with Crippen molar-refractivity contribution in [2.45, 2.75) is 26.8 Å². The van der Waals surface area contributed by atoms with Gasteiger partial charge >= 0.3 is 0 Å². The maximum Gasteiger partial charge on any atom is 0.247 e. The van der Waals surface area contributed by atoms with Crippen molar-refractivity contribution in [1.82, 2.24) is 0 Å². The average Bonchev–Trinajstić information content (AvgIpc) is 2.57. The third-order valence-corrected chi connectivity index (χ3v) is 5.50. The number of benzene rings is 2. The summed E-state index contributed by atoms with van der Waals surface area (Å²) in [4.78, 5) is 24.2. The Morgan fingerprint density at radius 2 is 1.81 bits per heavy atom. The molecule has 0 saturated carbocycles. The van der Waals surface area contributed by atoms with Crippen LogP contribution < -0.4 is 9.62 Å². The summed E-state index contributed by atoms with van der Waals surface area (Å²) in [7, 11) is -3.76. The molecule has 0 radical (unpaired) electrons. The van der Waals surface area contributed by atoms with E-state index in [2.05, 4.69) is 5.32 Å². The van der Waals surface area contributed by atoms with Crippen molar-refractivity contribution in [2.75, 3.05) is 15.9 Å². The summed E-state index contributed by atoms with van der Waals surface area (Å²) >= 11 is 6.02. The second-order valence-corrected chi connectivity index (χ2v) is 8.59. The van der Waals surface area contributed by atoms with Gasteiger partial charge in [-0.15, -0.1) is 0 Å². The van der Waals surface area contributed by atoms with Crippen LogP contribution in [0.5, 0.6) is 0 Å². The predicted molar refractivity (Wildman–Crippen MR) is 108 cm³/mol. The molecule has 0 aliphatic rings. The first-order valence-corrected chi connectivity index (χ1v) is 10.4. The monoisotopic (exact) mass is 408 g/mol. The number of sulfonamides is 1. The molecular formula is C19H21ClN2O4S. The van der Waals surface area contributed by atoms with Crippen molar-refractivity contribution < 1.29 is 18.0 Å². The van der Waals surface area contributed by atoms with Crippen LogP contribution in [0, 0.1) is 6.92 Å². The zero-order chi connectivity index (χ0) is 20.4. The highest BCUT2D eigenvalue weighted by atomic mass is 35.5. The third-order valence-electron chi connectivity index (χ3n) is 4.03. The van der Waals surface area contributed by atoms with Gasteiger partial charge in [-0.2, -0.15) is 0 Å². The number of nitrogens with zero attached hydrogens (tertiary/aromatic N) is 1. The molecule has 6 nitrogen and oxygen atoms in total. The number of carbonyl (C=O) groups excluding carboxylic acids is 2. The van der Waals surface area contributed by atoms with Gasteiger partial charge in [0.2, 0.25) is 15.9 Å². The number of amides is 1. The van der Waals surface area contributed by atoms with Gasteiger partial charge in [0.25, 0.3) is 0 Å². The van der Waals surface area contributed by atoms with Crippen LogP contribution in [0.4, 0.5) is 11.4 Å². The van der Waals surface area contributed by atoms with E-state index < -0.39 is 22.0 Å². The average molecular weight is 409 g/mol. The lowest BCUT2D eigenvalue weighted by Crippen LogP contribution is -2.45. The molecule has 1 amide bonds. The second-order valence-electron chi connectivity index (χ2n) is 6.29. The molecule has 0 saturated heterocycles. The van der Waals surface area contributed by atoms with Crippen LogP contribution in [0.15, 0.2) is 42.5 Å². The summed E-state index contributed by atoms with van der Waals surface area (Å²) in [5, 5.41) is 3.03. The summed E-state index contributed by atoms with van der Waals surface area (Å²) in [5.74, 6) is -0.660. The number of carbonyl (C=O) groups is 2. The van der Waals surface area contributed by atoms with Crippen molar-refractivity contribution in [1.29, 1.82) is 0 Å². The standard InChI is InChI=1S/C19H21ClN2O4S/c1-12-8-9-16(20)11-18(12)22(27(4,25)26)13(2)19(24)21-17-7-5-6-15(10-17)14(3)23/h5-11,13H,1-4H3,(H,21,24)/t13-/m0/s1. The Morgan fingerprint density at radius 3 is 2.41 bits per heavy atom. The molecule has 2 aromatic carbocycles. The second kappa shape index (κ2) is 8.10. The molecule has 1 atom stereocenters. The normalized spacial score (nSPS) is 12.3. The smallest absolute Gasteiger partial charge is 0.247 e. The summed E-state index contributed by atoms with van der Waals surface area (Å²) in [6.45, 7) is 4.66. The minimum Gasteiger partial charge on any atom is -0.324 e. The molecule has 0 unspecified atom stereocenters. The molecule has 0 aliphatic heterocycles. The largest absolute Gasteiger partial charge is 0.324 e. The number of Topliss-reactive ketones (excluding diaryl/α,β-unsaturated/α-hetero) is 1. The molecular weight excluding hydrogens is 388 g/mol. The summed E-state index contributed by atoms with van der Waals surface area (Å²) < 4.78 is 25.8. The van der Waals surface area contributed by atoms with Crippen molar-refractivity contribution >= 4 is 44.7 Å². The molecule has 0 aromatic heterocycles. The molecule has 2 rings (SSSR count). The summed E-state index contributed by atoms with van der Waals surface area (Å²) in [5.41, 5.74) is 1.87. The fraction of sp³-hybridized carbons (Fsp3) is 0.263. The Hall–Kier alpha value is -2.38. The molecule has 0 spiro atoms. The molecule has 0 bridgehead atoms. The molecule has 0 fully saturated rings. The summed E-state index contributed by atoms with van der Waals surface area (Å²) in [6.07, 6.45) is 1.04. The summed E-state index contributed by atoms with van der Waals surface area (Å²) in [6, 6.07) is 10.3. The molecule has 8 heteroatoms. The van der Waals surface area contributed by atoms with E-state index in [1.807, 2.05) is 0 Å². The van der Waals surface area contributed by atoms with Crippen molar-refractivity contribution in [2.24, 2.45) is 0 Å². The lowest BCUT2D eigenvalue weighted by molar-refractivity contribution is -0.116. The van der Waals surface area contributed by atoms with Crippen LogP contribution in [-0.2, 0) is 14.8 Å². The van der Waals surface area contributed by atoms with Crippen LogP contribution in [0.25, 0.3) is 0 Å². The minimum atomic E-state index is -3.76. The fourth-order valence-electron chi connectivity index (χ4n) is 2.66. The van der Waals surface area contributed by atoms with Gasteiger partial charge in [0.15, 0.2) is 5.78 Å². The first-order chi connectivity index (χ1) is 12.5.